The fourth-order valence-corrected chi connectivity index (χ4v) is 6.18. The monoisotopic (exact) mass is 282 g/mol. The summed E-state index contributed by atoms with van der Waals surface area (Å²) in [6.07, 6.45) is 0.880. The minimum atomic E-state index is -4.81. The minimum Gasteiger partial charge on any atom is -0.748 e. The molecule has 1 heterocycles. The molecule has 0 aromatic heterocycles. The Bertz CT molecular complexity index is 549. The molecule has 1 aliphatic heterocycles. The topological polar surface area (TPSA) is 120 Å². The van der Waals surface area contributed by atoms with Gasteiger partial charge in [0.2, 0.25) is 5.91 Å². The SMILES string of the molecule is C=CC(=O)N[C@]1(C)CS(=O)(=O)C[C@H]1S(=O)(=O)[O-]. The van der Waals surface area contributed by atoms with Gasteiger partial charge in [0.15, 0.2) is 9.84 Å². The van der Waals surface area contributed by atoms with E-state index in [1.165, 1.54) is 6.92 Å². The molecule has 98 valence electrons. The van der Waals surface area contributed by atoms with E-state index in [4.69, 9.17) is 0 Å². The second-order valence-corrected chi connectivity index (χ2v) is 7.81. The maximum atomic E-state index is 11.4. The van der Waals surface area contributed by atoms with Crippen LogP contribution in [0.3, 0.4) is 0 Å². The van der Waals surface area contributed by atoms with Crippen molar-refractivity contribution in [1.29, 1.82) is 0 Å². The predicted molar refractivity (Wildman–Crippen MR) is 58.9 cm³/mol. The van der Waals surface area contributed by atoms with Crippen molar-refractivity contribution in [2.75, 3.05) is 11.5 Å². The van der Waals surface area contributed by atoms with Crippen LogP contribution in [0.4, 0.5) is 0 Å². The highest BCUT2D eigenvalue weighted by atomic mass is 32.2. The van der Waals surface area contributed by atoms with Gasteiger partial charge in [0.05, 0.1) is 22.3 Å². The molecule has 1 saturated heterocycles. The summed E-state index contributed by atoms with van der Waals surface area (Å²) < 4.78 is 55.8. The molecule has 0 spiro atoms. The smallest absolute Gasteiger partial charge is 0.243 e. The molecule has 0 aromatic rings. The minimum absolute atomic E-state index is 0.578. The first-order chi connectivity index (χ1) is 7.50. The Hall–Kier alpha value is -0.930. The van der Waals surface area contributed by atoms with Crippen molar-refractivity contribution in [2.45, 2.75) is 17.7 Å². The van der Waals surface area contributed by atoms with Crippen molar-refractivity contribution in [3.63, 3.8) is 0 Å². The van der Waals surface area contributed by atoms with Crippen LogP contribution < -0.4 is 5.32 Å². The molecular formula is C8H12NO6S2-. The van der Waals surface area contributed by atoms with Crippen molar-refractivity contribution in [2.24, 2.45) is 0 Å². The lowest BCUT2D eigenvalue weighted by atomic mass is 10.0. The quantitative estimate of drug-likeness (QED) is 0.491. The van der Waals surface area contributed by atoms with Crippen LogP contribution in [0.5, 0.6) is 0 Å². The van der Waals surface area contributed by atoms with Crippen LogP contribution in [-0.2, 0) is 24.7 Å². The van der Waals surface area contributed by atoms with Crippen molar-refractivity contribution in [3.8, 4) is 0 Å². The second-order valence-electron chi connectivity index (χ2n) is 4.15. The standard InChI is InChI=1S/C8H13NO6S2/c1-3-7(10)9-8(2)5-16(11,12)4-6(8)17(13,14)15/h3,6H,1,4-5H2,2H3,(H,9,10)(H,13,14,15)/p-1/t6-,8-/m1/s1. The van der Waals surface area contributed by atoms with Crippen molar-refractivity contribution in [3.05, 3.63) is 12.7 Å². The Balaban J connectivity index is 3.19. The lowest BCUT2D eigenvalue weighted by Gasteiger charge is -2.32. The van der Waals surface area contributed by atoms with Crippen LogP contribution in [0.25, 0.3) is 0 Å². The Morgan fingerprint density at radius 3 is 2.53 bits per heavy atom. The zero-order valence-corrected chi connectivity index (χ0v) is 10.7. The molecule has 7 nitrogen and oxygen atoms in total. The third-order valence-electron chi connectivity index (χ3n) is 2.58. The first kappa shape index (κ1) is 14.1. The summed E-state index contributed by atoms with van der Waals surface area (Å²) in [6.45, 7) is 4.39. The van der Waals surface area contributed by atoms with Crippen LogP contribution in [0.1, 0.15) is 6.92 Å². The third-order valence-corrected chi connectivity index (χ3v) is 6.05. The number of carbonyl (C=O) groups is 1. The Kier molecular flexibility index (Phi) is 3.38. The summed E-state index contributed by atoms with van der Waals surface area (Å²) in [5.74, 6) is -2.07. The van der Waals surface area contributed by atoms with E-state index in [0.717, 1.165) is 6.08 Å². The van der Waals surface area contributed by atoms with Crippen LogP contribution >= 0.6 is 0 Å². The van der Waals surface area contributed by atoms with Crippen molar-refractivity contribution >= 4 is 25.9 Å². The molecule has 1 aliphatic rings. The number of amides is 1. The summed E-state index contributed by atoms with van der Waals surface area (Å²) in [6, 6.07) is 0. The molecule has 2 atom stereocenters. The molecule has 0 bridgehead atoms. The van der Waals surface area contributed by atoms with Gasteiger partial charge in [-0.1, -0.05) is 6.58 Å². The van der Waals surface area contributed by atoms with Crippen LogP contribution in [-0.4, -0.2) is 49.6 Å². The van der Waals surface area contributed by atoms with E-state index in [-0.39, 0.29) is 0 Å². The van der Waals surface area contributed by atoms with Gasteiger partial charge in [0.1, 0.15) is 10.1 Å². The van der Waals surface area contributed by atoms with E-state index in [1.807, 2.05) is 0 Å². The molecule has 0 aliphatic carbocycles. The van der Waals surface area contributed by atoms with Gasteiger partial charge >= 0.3 is 0 Å². The molecule has 1 fully saturated rings. The zero-order chi connectivity index (χ0) is 13.5. The van der Waals surface area contributed by atoms with Gasteiger partial charge in [-0.25, -0.2) is 16.8 Å². The summed E-state index contributed by atoms with van der Waals surface area (Å²) in [4.78, 5) is 11.1. The molecular weight excluding hydrogens is 270 g/mol. The Labute approximate surface area is 99.6 Å². The van der Waals surface area contributed by atoms with E-state index in [9.17, 15) is 26.2 Å². The van der Waals surface area contributed by atoms with Gasteiger partial charge in [0, 0.05) is 0 Å². The van der Waals surface area contributed by atoms with E-state index in [1.54, 1.807) is 0 Å². The number of nitrogens with one attached hydrogen (secondary N) is 1. The highest BCUT2D eigenvalue weighted by molar-refractivity contribution is 7.94. The van der Waals surface area contributed by atoms with Gasteiger partial charge in [-0.05, 0) is 13.0 Å². The maximum Gasteiger partial charge on any atom is 0.243 e. The number of carbonyl (C=O) groups excluding carboxylic acids is 1. The number of sulfone groups is 1. The number of hydrogen-bond acceptors (Lipinski definition) is 6. The second kappa shape index (κ2) is 4.07. The molecule has 1 N–H and O–H groups in total. The van der Waals surface area contributed by atoms with Crippen molar-refractivity contribution in [1.82, 2.24) is 5.32 Å². The average molecular weight is 282 g/mol. The number of rotatable bonds is 3. The third kappa shape index (κ3) is 3.05. The molecule has 17 heavy (non-hydrogen) atoms. The van der Waals surface area contributed by atoms with Crippen LogP contribution in [0, 0.1) is 0 Å². The molecule has 0 radical (unpaired) electrons. The van der Waals surface area contributed by atoms with Gasteiger partial charge < -0.3 is 9.87 Å². The van der Waals surface area contributed by atoms with Crippen LogP contribution in [0.15, 0.2) is 12.7 Å². The lowest BCUT2D eigenvalue weighted by Crippen LogP contribution is -2.56. The summed E-state index contributed by atoms with van der Waals surface area (Å²) in [5, 5.41) is 0.525. The maximum absolute atomic E-state index is 11.4. The molecule has 1 rings (SSSR count). The van der Waals surface area contributed by atoms with E-state index in [0.29, 0.717) is 0 Å². The fraction of sp³-hybridized carbons (Fsp3) is 0.625. The highest BCUT2D eigenvalue weighted by Gasteiger charge is 2.51. The first-order valence-corrected chi connectivity index (χ1v) is 7.89. The molecule has 1 amide bonds. The predicted octanol–water partition coefficient (Wildman–Crippen LogP) is -1.61. The van der Waals surface area contributed by atoms with Crippen molar-refractivity contribution < 1.29 is 26.2 Å². The van der Waals surface area contributed by atoms with E-state index >= 15 is 0 Å². The molecule has 0 aromatic carbocycles. The van der Waals surface area contributed by atoms with E-state index < -0.39 is 48.2 Å². The highest BCUT2D eigenvalue weighted by Crippen LogP contribution is 2.28. The van der Waals surface area contributed by atoms with Gasteiger partial charge in [0.25, 0.3) is 0 Å². The van der Waals surface area contributed by atoms with E-state index in [2.05, 4.69) is 11.9 Å². The van der Waals surface area contributed by atoms with Gasteiger partial charge in [-0.3, -0.25) is 4.79 Å². The molecule has 0 saturated carbocycles. The Morgan fingerprint density at radius 2 is 2.12 bits per heavy atom. The normalized spacial score (nSPS) is 32.0. The number of hydrogen-bond donors (Lipinski definition) is 1. The van der Waals surface area contributed by atoms with Crippen LogP contribution in [0.2, 0.25) is 0 Å². The van der Waals surface area contributed by atoms with Gasteiger partial charge in [-0.15, -0.1) is 0 Å². The lowest BCUT2D eigenvalue weighted by molar-refractivity contribution is -0.117. The first-order valence-electron chi connectivity index (χ1n) is 4.60. The average Bonchev–Trinajstić information content (AvgIpc) is 2.35. The fourth-order valence-electron chi connectivity index (χ4n) is 1.87. The molecule has 9 heteroatoms. The summed E-state index contributed by atoms with van der Waals surface area (Å²) in [7, 11) is -8.48. The summed E-state index contributed by atoms with van der Waals surface area (Å²) >= 11 is 0. The zero-order valence-electron chi connectivity index (χ0n) is 9.04. The largest absolute Gasteiger partial charge is 0.748 e. The molecule has 0 unspecified atom stereocenters. The summed E-state index contributed by atoms with van der Waals surface area (Å²) in [5.41, 5.74) is -1.61. The van der Waals surface area contributed by atoms with Gasteiger partial charge in [-0.2, -0.15) is 0 Å². The Morgan fingerprint density at radius 1 is 1.59 bits per heavy atom.